The van der Waals surface area contributed by atoms with Crippen molar-refractivity contribution >= 4 is 34.4 Å². The molecule has 0 bridgehead atoms. The first-order valence-electron chi connectivity index (χ1n) is 10.2. The Morgan fingerprint density at radius 1 is 1.19 bits per heavy atom. The van der Waals surface area contributed by atoms with Crippen molar-refractivity contribution in [3.63, 3.8) is 0 Å². The second kappa shape index (κ2) is 8.97. The highest BCUT2D eigenvalue weighted by atomic mass is 32.2. The molecule has 0 spiro atoms. The quantitative estimate of drug-likeness (QED) is 0.746. The van der Waals surface area contributed by atoms with Crippen LogP contribution in [0.5, 0.6) is 0 Å². The second-order valence-corrected chi connectivity index (χ2v) is 9.79. The van der Waals surface area contributed by atoms with Crippen molar-refractivity contribution in [2.45, 2.75) is 18.9 Å². The van der Waals surface area contributed by atoms with Gasteiger partial charge < -0.3 is 19.7 Å². The lowest BCUT2D eigenvalue weighted by atomic mass is 9.92. The van der Waals surface area contributed by atoms with E-state index in [2.05, 4.69) is 10.1 Å². The molecule has 3 aliphatic heterocycles. The summed E-state index contributed by atoms with van der Waals surface area (Å²) >= 11 is 0. The first-order chi connectivity index (χ1) is 14.9. The molecular weight excluding hydrogens is 432 g/mol. The Bertz CT molecular complexity index is 861. The number of methoxy groups -OCH3 is 1. The molecule has 3 heterocycles. The van der Waals surface area contributed by atoms with Gasteiger partial charge in [-0.25, -0.2) is 18.4 Å². The minimum absolute atomic E-state index is 0.0271. The summed E-state index contributed by atoms with van der Waals surface area (Å²) in [6.45, 7) is 1.13. The Labute approximate surface area is 181 Å². The molecule has 11 heteroatoms. The monoisotopic (exact) mass is 457 g/mol. The zero-order valence-electron chi connectivity index (χ0n) is 17.1. The maximum Gasteiger partial charge on any atom is 0.414 e. The summed E-state index contributed by atoms with van der Waals surface area (Å²) in [7, 11) is 0.422. The molecule has 8 nitrogen and oxygen atoms in total. The SMILES string of the molecule is COC(=O)NC[C@H]1CN(c2cc(F)c(N3CC4CCS(=O)CCC4C3)c(F)c2)C(=O)O1. The number of alkyl carbamates (subject to hydrolysis) is 1. The number of nitrogens with one attached hydrogen (secondary N) is 1. The molecule has 2 unspecified atom stereocenters. The molecule has 3 aliphatic rings. The number of rotatable bonds is 4. The van der Waals surface area contributed by atoms with Crippen LogP contribution >= 0.6 is 0 Å². The highest BCUT2D eigenvalue weighted by Gasteiger charge is 2.38. The summed E-state index contributed by atoms with van der Waals surface area (Å²) in [5.74, 6) is 0.366. The number of hydrogen-bond donors (Lipinski definition) is 1. The van der Waals surface area contributed by atoms with E-state index in [9.17, 15) is 22.6 Å². The van der Waals surface area contributed by atoms with Crippen molar-refractivity contribution in [1.82, 2.24) is 5.32 Å². The number of cyclic esters (lactones) is 1. The molecule has 1 N–H and O–H groups in total. The third-order valence-corrected chi connectivity index (χ3v) is 7.55. The number of hydrogen-bond acceptors (Lipinski definition) is 6. The predicted octanol–water partition coefficient (Wildman–Crippen LogP) is 2.24. The van der Waals surface area contributed by atoms with Crippen molar-refractivity contribution in [2.24, 2.45) is 11.8 Å². The molecule has 2 amide bonds. The predicted molar refractivity (Wildman–Crippen MR) is 111 cm³/mol. The van der Waals surface area contributed by atoms with Gasteiger partial charge >= 0.3 is 12.2 Å². The van der Waals surface area contributed by atoms with Gasteiger partial charge in [0.2, 0.25) is 0 Å². The minimum atomic E-state index is -0.793. The molecule has 0 aromatic heterocycles. The van der Waals surface area contributed by atoms with E-state index in [1.54, 1.807) is 4.90 Å². The smallest absolute Gasteiger partial charge is 0.414 e. The summed E-state index contributed by atoms with van der Waals surface area (Å²) < 4.78 is 51.4. The van der Waals surface area contributed by atoms with E-state index >= 15 is 0 Å². The lowest BCUT2D eigenvalue weighted by molar-refractivity contribution is 0.132. The molecule has 3 atom stereocenters. The first-order valence-corrected chi connectivity index (χ1v) is 11.7. The number of fused-ring (bicyclic) bond motifs is 1. The number of ether oxygens (including phenoxy) is 2. The molecule has 31 heavy (non-hydrogen) atoms. The molecule has 1 aromatic carbocycles. The van der Waals surface area contributed by atoms with Gasteiger partial charge in [0.25, 0.3) is 0 Å². The van der Waals surface area contributed by atoms with Gasteiger partial charge in [0.15, 0.2) is 11.6 Å². The molecule has 4 rings (SSSR count). The number of nitrogens with zero attached hydrogens (tertiary/aromatic N) is 2. The molecular formula is C20H25F2N3O5S. The summed E-state index contributed by atoms with van der Waals surface area (Å²) in [6.07, 6.45) is -0.455. The Balaban J connectivity index is 1.46. The van der Waals surface area contributed by atoms with Crippen LogP contribution in [0.4, 0.5) is 29.7 Å². The fourth-order valence-corrected chi connectivity index (χ4v) is 5.90. The van der Waals surface area contributed by atoms with E-state index in [0.29, 0.717) is 24.6 Å². The third-order valence-electron chi connectivity index (χ3n) is 6.17. The summed E-state index contributed by atoms with van der Waals surface area (Å²) in [6, 6.07) is 2.28. The highest BCUT2D eigenvalue weighted by molar-refractivity contribution is 7.84. The van der Waals surface area contributed by atoms with Gasteiger partial charge in [0.1, 0.15) is 11.8 Å². The average Bonchev–Trinajstić information content (AvgIpc) is 3.26. The van der Waals surface area contributed by atoms with Crippen molar-refractivity contribution in [1.29, 1.82) is 0 Å². The molecule has 0 aliphatic carbocycles. The van der Waals surface area contributed by atoms with Crippen LogP contribution in [-0.4, -0.2) is 67.3 Å². The molecule has 0 saturated carbocycles. The number of carbonyl (C=O) groups is 2. The zero-order valence-corrected chi connectivity index (χ0v) is 18.0. The van der Waals surface area contributed by atoms with Crippen LogP contribution in [-0.2, 0) is 20.3 Å². The van der Waals surface area contributed by atoms with Crippen LogP contribution in [0.3, 0.4) is 0 Å². The molecule has 3 saturated heterocycles. The third kappa shape index (κ3) is 4.60. The van der Waals surface area contributed by atoms with Crippen LogP contribution in [0, 0.1) is 23.5 Å². The molecule has 0 radical (unpaired) electrons. The number of amides is 2. The van der Waals surface area contributed by atoms with Crippen molar-refractivity contribution < 1.29 is 32.1 Å². The van der Waals surface area contributed by atoms with Crippen molar-refractivity contribution in [2.75, 3.05) is 54.6 Å². The van der Waals surface area contributed by atoms with Gasteiger partial charge in [0, 0.05) is 47.5 Å². The maximum absolute atomic E-state index is 15.0. The van der Waals surface area contributed by atoms with Gasteiger partial charge in [-0.05, 0) is 24.7 Å². The minimum Gasteiger partial charge on any atom is -0.453 e. The van der Waals surface area contributed by atoms with Gasteiger partial charge in [0.05, 0.1) is 25.9 Å². The van der Waals surface area contributed by atoms with Gasteiger partial charge in [-0.2, -0.15) is 0 Å². The number of carbonyl (C=O) groups excluding carboxylic acids is 2. The topological polar surface area (TPSA) is 88.2 Å². The average molecular weight is 457 g/mol. The number of benzene rings is 1. The zero-order chi connectivity index (χ0) is 22.1. The van der Waals surface area contributed by atoms with E-state index in [1.807, 2.05) is 0 Å². The molecule has 1 aromatic rings. The lowest BCUT2D eigenvalue weighted by Gasteiger charge is -2.22. The summed E-state index contributed by atoms with van der Waals surface area (Å²) in [5.41, 5.74) is -0.0254. The van der Waals surface area contributed by atoms with Crippen molar-refractivity contribution in [3.05, 3.63) is 23.8 Å². The van der Waals surface area contributed by atoms with Crippen LogP contribution < -0.4 is 15.1 Å². The number of halogens is 2. The Kier molecular flexibility index (Phi) is 6.31. The van der Waals surface area contributed by atoms with Gasteiger partial charge in [-0.3, -0.25) is 9.11 Å². The van der Waals surface area contributed by atoms with E-state index in [4.69, 9.17) is 4.74 Å². The Hall–Kier alpha value is -2.43. The second-order valence-electron chi connectivity index (χ2n) is 8.10. The highest BCUT2D eigenvalue weighted by Crippen LogP contribution is 2.38. The van der Waals surface area contributed by atoms with Crippen LogP contribution in [0.15, 0.2) is 12.1 Å². The Morgan fingerprint density at radius 2 is 1.81 bits per heavy atom. The first kappa shape index (κ1) is 21.8. The van der Waals surface area contributed by atoms with Gasteiger partial charge in [-0.1, -0.05) is 0 Å². The molecule has 170 valence electrons. The fourth-order valence-electron chi connectivity index (χ4n) is 4.56. The summed E-state index contributed by atoms with van der Waals surface area (Å²) in [5, 5.41) is 2.43. The maximum atomic E-state index is 15.0. The largest absolute Gasteiger partial charge is 0.453 e. The van der Waals surface area contributed by atoms with E-state index in [-0.39, 0.29) is 36.3 Å². The number of anilines is 2. The van der Waals surface area contributed by atoms with E-state index < -0.39 is 40.7 Å². The van der Waals surface area contributed by atoms with Gasteiger partial charge in [-0.15, -0.1) is 0 Å². The fraction of sp³-hybridized carbons (Fsp3) is 0.600. The van der Waals surface area contributed by atoms with Crippen LogP contribution in [0.2, 0.25) is 0 Å². The standard InChI is InChI=1S/C20H25F2N3O5S/c1-29-19(26)23-8-15-11-25(20(27)30-15)14-6-16(21)18(17(22)7-14)24-9-12-2-4-31(28)5-3-13(12)10-24/h6-7,12-13,15H,2-5,8-11H2,1H3,(H,23,26)/t12?,13?,15-,31?/m0/s1. The summed E-state index contributed by atoms with van der Waals surface area (Å²) in [4.78, 5) is 26.2. The van der Waals surface area contributed by atoms with E-state index in [0.717, 1.165) is 29.9 Å². The van der Waals surface area contributed by atoms with Crippen LogP contribution in [0.25, 0.3) is 0 Å². The molecule has 3 fully saturated rings. The Morgan fingerprint density at radius 3 is 2.39 bits per heavy atom. The normalized spacial score (nSPS) is 28.2. The van der Waals surface area contributed by atoms with Crippen molar-refractivity contribution in [3.8, 4) is 0 Å². The lowest BCUT2D eigenvalue weighted by Crippen LogP contribution is -2.34. The van der Waals surface area contributed by atoms with E-state index in [1.165, 1.54) is 7.11 Å². The van der Waals surface area contributed by atoms with Crippen LogP contribution in [0.1, 0.15) is 12.8 Å².